The van der Waals surface area contributed by atoms with Crippen LogP contribution < -0.4 is 0 Å². The quantitative estimate of drug-likeness (QED) is 0.0702. The SMILES string of the molecule is CCCCc1nc(Cl)c(COCc2occc2C(=O)OC)n1Cc1ccc(-c2ccccc2)c(-c2nnnn2C(c2ccccc2)(c2ccccc2)c2ccccc2)c1. The van der Waals surface area contributed by atoms with Crippen LogP contribution >= 0.6 is 11.6 Å². The summed E-state index contributed by atoms with van der Waals surface area (Å²) in [4.78, 5) is 17.1. The average Bonchev–Trinajstić information content (AvgIpc) is 4.04. The number of nitrogens with zero attached hydrogens (tertiary/aromatic N) is 6. The van der Waals surface area contributed by atoms with Crippen molar-refractivity contribution in [3.05, 3.63) is 202 Å². The maximum Gasteiger partial charge on any atom is 0.341 e. The highest BCUT2D eigenvalue weighted by atomic mass is 35.5. The number of aryl methyl sites for hydroxylation is 1. The van der Waals surface area contributed by atoms with E-state index in [1.807, 2.05) is 41.1 Å². The highest BCUT2D eigenvalue weighted by Crippen LogP contribution is 2.43. The van der Waals surface area contributed by atoms with E-state index in [9.17, 15) is 4.79 Å². The van der Waals surface area contributed by atoms with E-state index in [2.05, 4.69) is 120 Å². The number of methoxy groups -OCH3 is 1. The van der Waals surface area contributed by atoms with Gasteiger partial charge in [-0.05, 0) is 62.4 Å². The predicted octanol–water partition coefficient (Wildman–Crippen LogP) is 10.2. The average molecular weight is 803 g/mol. The second-order valence-electron chi connectivity index (χ2n) is 14.2. The lowest BCUT2D eigenvalue weighted by Gasteiger charge is -2.36. The van der Waals surface area contributed by atoms with Crippen molar-refractivity contribution >= 4 is 17.6 Å². The Morgan fingerprint density at radius 2 is 1.41 bits per heavy atom. The molecule has 0 atom stereocenters. The second-order valence-corrected chi connectivity index (χ2v) is 14.5. The largest absolute Gasteiger partial charge is 0.466 e. The molecule has 0 saturated carbocycles. The predicted molar refractivity (Wildman–Crippen MR) is 227 cm³/mol. The monoisotopic (exact) mass is 802 g/mol. The number of hydrogen-bond acceptors (Lipinski definition) is 8. The van der Waals surface area contributed by atoms with Crippen molar-refractivity contribution in [1.29, 1.82) is 0 Å². The number of tetrazole rings is 1. The number of carbonyl (C=O) groups excluding carboxylic acids is 1. The number of carbonyl (C=O) groups is 1. The van der Waals surface area contributed by atoms with E-state index in [0.717, 1.165) is 69.7 Å². The number of halogens is 1. The molecule has 0 spiro atoms. The van der Waals surface area contributed by atoms with E-state index in [0.29, 0.717) is 28.8 Å². The van der Waals surface area contributed by atoms with Crippen molar-refractivity contribution in [2.24, 2.45) is 0 Å². The number of ether oxygens (including phenoxy) is 2. The number of rotatable bonds is 16. The van der Waals surface area contributed by atoms with E-state index in [1.165, 1.54) is 13.4 Å². The molecule has 0 aliphatic carbocycles. The molecule has 3 heterocycles. The zero-order chi connectivity index (χ0) is 40.6. The molecule has 59 heavy (non-hydrogen) atoms. The van der Waals surface area contributed by atoms with Crippen molar-refractivity contribution in [2.45, 2.75) is 51.5 Å². The summed E-state index contributed by atoms with van der Waals surface area (Å²) in [7, 11) is 1.33. The van der Waals surface area contributed by atoms with E-state index >= 15 is 0 Å². The normalized spacial score (nSPS) is 11.5. The molecular formula is C48H43ClN6O4. The molecule has 0 saturated heterocycles. The summed E-state index contributed by atoms with van der Waals surface area (Å²) >= 11 is 6.88. The van der Waals surface area contributed by atoms with Crippen molar-refractivity contribution in [3.8, 4) is 22.5 Å². The summed E-state index contributed by atoms with van der Waals surface area (Å²) in [6.07, 6.45) is 4.12. The molecular weight excluding hydrogens is 760 g/mol. The topological polar surface area (TPSA) is 110 Å². The van der Waals surface area contributed by atoms with Crippen LogP contribution in [-0.2, 0) is 41.2 Å². The lowest BCUT2D eigenvalue weighted by molar-refractivity contribution is 0.0578. The smallest absolute Gasteiger partial charge is 0.341 e. The lowest BCUT2D eigenvalue weighted by atomic mass is 9.77. The van der Waals surface area contributed by atoms with Crippen molar-refractivity contribution in [1.82, 2.24) is 29.8 Å². The Balaban J connectivity index is 1.26. The first-order chi connectivity index (χ1) is 29.0. The van der Waals surface area contributed by atoms with Crippen molar-refractivity contribution < 1.29 is 18.7 Å². The Hall–Kier alpha value is -6.62. The van der Waals surface area contributed by atoms with Crippen LogP contribution in [-0.4, -0.2) is 42.8 Å². The maximum absolute atomic E-state index is 12.3. The van der Waals surface area contributed by atoms with Gasteiger partial charge in [0.05, 0.1) is 25.7 Å². The van der Waals surface area contributed by atoms with Crippen molar-refractivity contribution in [3.63, 3.8) is 0 Å². The van der Waals surface area contributed by atoms with Gasteiger partial charge in [0.2, 0.25) is 0 Å². The molecule has 0 radical (unpaired) electrons. The van der Waals surface area contributed by atoms with Gasteiger partial charge in [0.15, 0.2) is 11.0 Å². The Kier molecular flexibility index (Phi) is 11.9. The van der Waals surface area contributed by atoms with Gasteiger partial charge < -0.3 is 18.5 Å². The number of imidazole rings is 1. The van der Waals surface area contributed by atoms with Crippen LogP contribution in [0.15, 0.2) is 156 Å². The molecule has 0 unspecified atom stereocenters. The second kappa shape index (κ2) is 17.9. The zero-order valence-corrected chi connectivity index (χ0v) is 33.6. The molecule has 11 heteroatoms. The van der Waals surface area contributed by atoms with Gasteiger partial charge in [0.1, 0.15) is 29.3 Å². The van der Waals surface area contributed by atoms with Crippen LogP contribution in [0.3, 0.4) is 0 Å². The van der Waals surface area contributed by atoms with E-state index < -0.39 is 11.5 Å². The number of benzene rings is 5. The van der Waals surface area contributed by atoms with Gasteiger partial charge in [0, 0.05) is 18.5 Å². The first-order valence-corrected chi connectivity index (χ1v) is 20.0. The van der Waals surface area contributed by atoms with Crippen molar-refractivity contribution in [2.75, 3.05) is 7.11 Å². The summed E-state index contributed by atoms with van der Waals surface area (Å²) in [5, 5.41) is 14.5. The molecule has 10 nitrogen and oxygen atoms in total. The third kappa shape index (κ3) is 7.84. The third-order valence-corrected chi connectivity index (χ3v) is 10.9. The van der Waals surface area contributed by atoms with Crippen LogP contribution in [0, 0.1) is 0 Å². The Morgan fingerprint density at radius 1 is 0.780 bits per heavy atom. The molecule has 0 N–H and O–H groups in total. The molecule has 0 aliphatic heterocycles. The molecule has 3 aromatic heterocycles. The minimum atomic E-state index is -0.940. The first-order valence-electron chi connectivity index (χ1n) is 19.6. The molecule has 5 aromatic carbocycles. The van der Waals surface area contributed by atoms with Gasteiger partial charge >= 0.3 is 5.97 Å². The van der Waals surface area contributed by atoms with Gasteiger partial charge in [0.25, 0.3) is 0 Å². The van der Waals surface area contributed by atoms with Gasteiger partial charge in [-0.25, -0.2) is 14.5 Å². The summed E-state index contributed by atoms with van der Waals surface area (Å²) in [5.41, 5.74) is 6.99. The van der Waals surface area contributed by atoms with Gasteiger partial charge in [-0.3, -0.25) is 0 Å². The number of unbranched alkanes of at least 4 members (excludes halogenated alkanes) is 1. The van der Waals surface area contributed by atoms with E-state index in [1.54, 1.807) is 6.07 Å². The molecule has 0 bridgehead atoms. The van der Waals surface area contributed by atoms with Gasteiger partial charge in [-0.2, -0.15) is 0 Å². The number of hydrogen-bond donors (Lipinski definition) is 0. The molecule has 8 aromatic rings. The molecule has 296 valence electrons. The maximum atomic E-state index is 12.3. The highest BCUT2D eigenvalue weighted by Gasteiger charge is 2.42. The Morgan fingerprint density at radius 3 is 2.02 bits per heavy atom. The van der Waals surface area contributed by atoms with Crippen LogP contribution in [0.4, 0.5) is 0 Å². The lowest BCUT2D eigenvalue weighted by Crippen LogP contribution is -2.39. The summed E-state index contributed by atoms with van der Waals surface area (Å²) in [6.45, 7) is 2.80. The molecule has 0 fully saturated rings. The summed E-state index contributed by atoms with van der Waals surface area (Å²) in [6, 6.07) is 49.5. The molecule has 8 rings (SSSR count). The van der Waals surface area contributed by atoms with Gasteiger partial charge in [-0.1, -0.05) is 158 Å². The molecule has 0 amide bonds. The number of aromatic nitrogens is 6. The fraction of sp³-hybridized carbons (Fsp3) is 0.188. The third-order valence-electron chi connectivity index (χ3n) is 10.6. The molecule has 0 aliphatic rings. The first kappa shape index (κ1) is 39.2. The Bertz CT molecular complexity index is 2530. The summed E-state index contributed by atoms with van der Waals surface area (Å²) < 4.78 is 20.7. The van der Waals surface area contributed by atoms with Crippen LogP contribution in [0.5, 0.6) is 0 Å². The number of esters is 1. The Labute approximate surface area is 348 Å². The van der Waals surface area contributed by atoms with E-state index in [4.69, 9.17) is 40.8 Å². The standard InChI is InChI=1S/C48H43ClN6O4/c1-3-4-25-44-50-45(49)42(32-58-33-43-40(28-29-59-43)47(56)57-2)54(44)31-34-26-27-39(35-17-9-5-10-18-35)41(30-34)46-51-52-53-55(46)48(36-19-11-6-12-20-36,37-21-13-7-14-22-37)38-23-15-8-16-24-38/h5-24,26-30H,3-4,25,31-33H2,1-2H3. The zero-order valence-electron chi connectivity index (χ0n) is 32.9. The van der Waals surface area contributed by atoms with Crippen LogP contribution in [0.2, 0.25) is 5.15 Å². The van der Waals surface area contributed by atoms with Gasteiger partial charge in [-0.15, -0.1) is 5.10 Å². The minimum absolute atomic E-state index is 0.0494. The fourth-order valence-corrected chi connectivity index (χ4v) is 8.01. The minimum Gasteiger partial charge on any atom is -0.466 e. The highest BCUT2D eigenvalue weighted by molar-refractivity contribution is 6.30. The number of furan rings is 1. The fourth-order valence-electron chi connectivity index (χ4n) is 7.75. The van der Waals surface area contributed by atoms with Crippen LogP contribution in [0.25, 0.3) is 22.5 Å². The summed E-state index contributed by atoms with van der Waals surface area (Å²) in [5.74, 6) is 1.34. The van der Waals surface area contributed by atoms with E-state index in [-0.39, 0.29) is 13.2 Å². The van der Waals surface area contributed by atoms with Crippen LogP contribution in [0.1, 0.15) is 69.7 Å².